The molecule has 3 aromatic carbocycles. The highest BCUT2D eigenvalue weighted by atomic mass is 19.4. The van der Waals surface area contributed by atoms with Gasteiger partial charge < -0.3 is 14.8 Å². The molecular formula is C30H32F3NO2. The number of alkyl halides is 3. The number of nitrogens with one attached hydrogen (secondary N) is 1. The van der Waals surface area contributed by atoms with Crippen LogP contribution in [0.3, 0.4) is 0 Å². The summed E-state index contributed by atoms with van der Waals surface area (Å²) in [5.74, 6) is 1.13. The van der Waals surface area contributed by atoms with Crippen LogP contribution in [0, 0.1) is 20.8 Å². The van der Waals surface area contributed by atoms with Crippen molar-refractivity contribution < 1.29 is 22.6 Å². The van der Waals surface area contributed by atoms with Crippen molar-refractivity contribution in [3.05, 3.63) is 81.9 Å². The van der Waals surface area contributed by atoms with Crippen LogP contribution in [0.5, 0.6) is 11.5 Å². The largest absolute Gasteiger partial charge is 0.496 e. The van der Waals surface area contributed by atoms with Crippen LogP contribution in [0.1, 0.15) is 54.2 Å². The minimum absolute atomic E-state index is 0.189. The summed E-state index contributed by atoms with van der Waals surface area (Å²) in [7, 11) is 1.47. The molecule has 0 saturated carbocycles. The average Bonchev–Trinajstić information content (AvgIpc) is 2.78. The number of methoxy groups -OCH3 is 1. The van der Waals surface area contributed by atoms with Crippen molar-refractivity contribution in [2.75, 3.05) is 12.4 Å². The first-order chi connectivity index (χ1) is 16.8. The summed E-state index contributed by atoms with van der Waals surface area (Å²) in [4.78, 5) is 0. The van der Waals surface area contributed by atoms with E-state index >= 15 is 0 Å². The number of benzene rings is 3. The molecule has 0 aromatic heterocycles. The molecule has 3 nitrogen and oxygen atoms in total. The molecule has 0 aliphatic carbocycles. The molecule has 1 aliphatic rings. The second-order valence-corrected chi connectivity index (χ2v) is 10.1. The topological polar surface area (TPSA) is 30.5 Å². The van der Waals surface area contributed by atoms with Gasteiger partial charge in [-0.25, -0.2) is 0 Å². The van der Waals surface area contributed by atoms with Gasteiger partial charge in [0, 0.05) is 22.4 Å². The van der Waals surface area contributed by atoms with Crippen molar-refractivity contribution in [3.63, 3.8) is 0 Å². The number of anilines is 1. The van der Waals surface area contributed by atoms with E-state index in [2.05, 4.69) is 31.3 Å². The van der Waals surface area contributed by atoms with E-state index in [9.17, 15) is 13.2 Å². The fourth-order valence-electron chi connectivity index (χ4n) is 5.00. The van der Waals surface area contributed by atoms with Crippen molar-refractivity contribution in [1.29, 1.82) is 0 Å². The fourth-order valence-corrected chi connectivity index (χ4v) is 5.00. The lowest BCUT2D eigenvalue weighted by atomic mass is 9.85. The maximum atomic E-state index is 13.6. The van der Waals surface area contributed by atoms with Crippen LogP contribution in [-0.2, 0) is 12.8 Å². The van der Waals surface area contributed by atoms with E-state index in [1.54, 1.807) is 0 Å². The molecule has 0 spiro atoms. The van der Waals surface area contributed by atoms with Crippen molar-refractivity contribution in [2.45, 2.75) is 59.9 Å². The zero-order valence-electron chi connectivity index (χ0n) is 21.8. The van der Waals surface area contributed by atoms with Crippen LogP contribution in [0.25, 0.3) is 16.7 Å². The number of hydrogen-bond acceptors (Lipinski definition) is 3. The quantitative estimate of drug-likeness (QED) is 0.385. The molecule has 0 atom stereocenters. The molecular weight excluding hydrogens is 463 g/mol. The number of allylic oxidation sites excluding steroid dienone is 1. The molecule has 190 valence electrons. The first-order valence-electron chi connectivity index (χ1n) is 11.9. The Morgan fingerprint density at radius 1 is 0.889 bits per heavy atom. The molecule has 36 heavy (non-hydrogen) atoms. The Hall–Kier alpha value is -3.41. The van der Waals surface area contributed by atoms with Gasteiger partial charge in [-0.1, -0.05) is 18.2 Å². The molecule has 1 N–H and O–H groups in total. The smallest absolute Gasteiger partial charge is 0.416 e. The molecule has 0 saturated heterocycles. The van der Waals surface area contributed by atoms with Crippen LogP contribution in [0.4, 0.5) is 18.9 Å². The molecule has 0 bridgehead atoms. The van der Waals surface area contributed by atoms with Gasteiger partial charge in [-0.05, 0) is 99.7 Å². The molecule has 4 rings (SSSR count). The van der Waals surface area contributed by atoms with E-state index in [1.165, 1.54) is 13.2 Å². The molecule has 0 unspecified atom stereocenters. The number of fused-ring (bicyclic) bond motifs is 1. The highest BCUT2D eigenvalue weighted by Crippen LogP contribution is 2.44. The number of rotatable bonds is 5. The Balaban J connectivity index is 1.93. The van der Waals surface area contributed by atoms with Gasteiger partial charge in [0.05, 0.1) is 18.2 Å². The van der Waals surface area contributed by atoms with Crippen molar-refractivity contribution in [1.82, 2.24) is 0 Å². The average molecular weight is 496 g/mol. The molecule has 1 heterocycles. The van der Waals surface area contributed by atoms with Crippen LogP contribution in [0.15, 0.2) is 48.5 Å². The third kappa shape index (κ3) is 4.95. The van der Waals surface area contributed by atoms with Gasteiger partial charge in [0.25, 0.3) is 0 Å². The van der Waals surface area contributed by atoms with E-state index in [1.807, 2.05) is 45.9 Å². The van der Waals surface area contributed by atoms with Crippen molar-refractivity contribution in [3.8, 4) is 22.6 Å². The third-order valence-corrected chi connectivity index (χ3v) is 6.69. The molecule has 1 aliphatic heterocycles. The van der Waals surface area contributed by atoms with E-state index < -0.39 is 11.7 Å². The zero-order chi connectivity index (χ0) is 26.4. The summed E-state index contributed by atoms with van der Waals surface area (Å²) in [5, 5.41) is 3.53. The predicted molar refractivity (Wildman–Crippen MR) is 140 cm³/mol. The minimum Gasteiger partial charge on any atom is -0.496 e. The van der Waals surface area contributed by atoms with Crippen LogP contribution >= 0.6 is 0 Å². The maximum absolute atomic E-state index is 13.6. The lowest BCUT2D eigenvalue weighted by molar-refractivity contribution is -0.137. The van der Waals surface area contributed by atoms with Crippen LogP contribution in [-0.4, -0.2) is 12.6 Å². The number of hydrogen-bond donors (Lipinski definition) is 1. The molecule has 0 radical (unpaired) electrons. The van der Waals surface area contributed by atoms with E-state index in [0.29, 0.717) is 16.9 Å². The SMILES string of the molecule is COc1ccc(C(F)(F)F)cc1-c1ccc2c(c1COc1cc(C)cc(C)c1C)C(C)=CC(C)(C)N2. The van der Waals surface area contributed by atoms with Gasteiger partial charge in [-0.15, -0.1) is 0 Å². The zero-order valence-corrected chi connectivity index (χ0v) is 21.8. The predicted octanol–water partition coefficient (Wildman–Crippen LogP) is 8.49. The van der Waals surface area contributed by atoms with E-state index in [0.717, 1.165) is 57.0 Å². The highest BCUT2D eigenvalue weighted by Gasteiger charge is 2.32. The van der Waals surface area contributed by atoms with Gasteiger partial charge in [0.2, 0.25) is 0 Å². The Morgan fingerprint density at radius 3 is 2.28 bits per heavy atom. The lowest BCUT2D eigenvalue weighted by Crippen LogP contribution is -2.32. The molecule has 0 amide bonds. The third-order valence-electron chi connectivity index (χ3n) is 6.69. The van der Waals surface area contributed by atoms with Gasteiger partial charge >= 0.3 is 6.18 Å². The molecule has 0 fully saturated rings. The van der Waals surface area contributed by atoms with Gasteiger partial charge in [0.1, 0.15) is 18.1 Å². The normalized spacial score (nSPS) is 14.6. The van der Waals surface area contributed by atoms with Crippen molar-refractivity contribution >= 4 is 11.3 Å². The first-order valence-corrected chi connectivity index (χ1v) is 11.9. The number of aryl methyl sites for hydroxylation is 2. The highest BCUT2D eigenvalue weighted by molar-refractivity contribution is 5.88. The summed E-state index contributed by atoms with van der Waals surface area (Å²) >= 11 is 0. The van der Waals surface area contributed by atoms with Gasteiger partial charge in [-0.3, -0.25) is 0 Å². The maximum Gasteiger partial charge on any atom is 0.416 e. The summed E-state index contributed by atoms with van der Waals surface area (Å²) in [5.41, 5.74) is 7.00. The summed E-state index contributed by atoms with van der Waals surface area (Å²) in [6, 6.07) is 11.5. The number of halogens is 3. The van der Waals surface area contributed by atoms with E-state index in [-0.39, 0.29) is 12.1 Å². The Bertz CT molecular complexity index is 1350. The van der Waals surface area contributed by atoms with Gasteiger partial charge in [0.15, 0.2) is 0 Å². The Kier molecular flexibility index (Phi) is 6.58. The fraction of sp³-hybridized carbons (Fsp3) is 0.333. The summed E-state index contributed by atoms with van der Waals surface area (Å²) < 4.78 is 52.8. The van der Waals surface area contributed by atoms with Crippen LogP contribution < -0.4 is 14.8 Å². The van der Waals surface area contributed by atoms with Gasteiger partial charge in [-0.2, -0.15) is 13.2 Å². The minimum atomic E-state index is -4.47. The van der Waals surface area contributed by atoms with E-state index in [4.69, 9.17) is 9.47 Å². The summed E-state index contributed by atoms with van der Waals surface area (Å²) in [6.07, 6.45) is -2.34. The monoisotopic (exact) mass is 495 g/mol. The molecule has 3 aromatic rings. The second kappa shape index (κ2) is 9.23. The Morgan fingerprint density at radius 2 is 1.61 bits per heavy atom. The standard InChI is InChI=1S/C30H32F3NO2/c1-17-12-18(2)20(4)27(13-17)36-16-24-22(9-10-25-28(24)19(3)15-29(5,6)34-25)23-14-21(30(31,32)33)8-11-26(23)35-7/h8-15,34H,16H2,1-7H3. The lowest BCUT2D eigenvalue weighted by Gasteiger charge is -2.33. The van der Waals surface area contributed by atoms with Crippen molar-refractivity contribution in [2.24, 2.45) is 0 Å². The van der Waals surface area contributed by atoms with Crippen LogP contribution in [0.2, 0.25) is 0 Å². The first kappa shape index (κ1) is 25.7. The Labute approximate surface area is 211 Å². The molecule has 6 heteroatoms. The number of ether oxygens (including phenoxy) is 2. The second-order valence-electron chi connectivity index (χ2n) is 10.1. The summed E-state index contributed by atoms with van der Waals surface area (Å²) in [6.45, 7) is 12.4.